The van der Waals surface area contributed by atoms with Crippen molar-refractivity contribution >= 4 is 34.1 Å². The first-order valence-electron chi connectivity index (χ1n) is 11.0. The molecule has 0 amide bonds. The average molecular weight is 513 g/mol. The van der Waals surface area contributed by atoms with Crippen LogP contribution in [0.3, 0.4) is 0 Å². The van der Waals surface area contributed by atoms with Crippen LogP contribution in [0.4, 0.5) is 9.59 Å². The summed E-state index contributed by atoms with van der Waals surface area (Å²) in [5.41, 5.74) is 6.29. The molecule has 0 saturated carbocycles. The number of thioether (sulfide) groups is 2. The summed E-state index contributed by atoms with van der Waals surface area (Å²) in [6.07, 6.45) is 3.08. The highest BCUT2D eigenvalue weighted by molar-refractivity contribution is 8.12. The summed E-state index contributed by atoms with van der Waals surface area (Å²) >= 11 is 2.16. The van der Waals surface area contributed by atoms with E-state index < -0.39 is 0 Å². The molecule has 0 aliphatic carbocycles. The van der Waals surface area contributed by atoms with Gasteiger partial charge >= 0.3 is 10.6 Å². The van der Waals surface area contributed by atoms with Crippen LogP contribution in [0.15, 0.2) is 66.7 Å². The van der Waals surface area contributed by atoms with E-state index in [1.165, 1.54) is 0 Å². The molecule has 0 aromatic heterocycles. The van der Waals surface area contributed by atoms with Crippen molar-refractivity contribution in [3.63, 3.8) is 0 Å². The number of methoxy groups -OCH3 is 1. The molecule has 0 radical (unpaired) electrons. The van der Waals surface area contributed by atoms with E-state index in [-0.39, 0.29) is 16.7 Å². The van der Waals surface area contributed by atoms with Crippen LogP contribution in [-0.4, -0.2) is 30.2 Å². The van der Waals surface area contributed by atoms with Crippen molar-refractivity contribution in [1.29, 1.82) is 0 Å². The second kappa shape index (κ2) is 14.5. The van der Waals surface area contributed by atoms with Gasteiger partial charge in [0.1, 0.15) is 12.4 Å². The highest BCUT2D eigenvalue weighted by Gasteiger charge is 2.19. The first kappa shape index (κ1) is 28.3. The maximum atomic E-state index is 11.6. The van der Waals surface area contributed by atoms with Gasteiger partial charge in [0.05, 0.1) is 7.11 Å². The van der Waals surface area contributed by atoms with E-state index in [4.69, 9.17) is 14.2 Å². The molecular formula is C28H32O5S2. The first-order chi connectivity index (χ1) is 16.8. The first-order valence-corrected chi connectivity index (χ1v) is 13.5. The lowest BCUT2D eigenvalue weighted by Gasteiger charge is -2.20. The van der Waals surface area contributed by atoms with Gasteiger partial charge in [-0.1, -0.05) is 60.7 Å². The summed E-state index contributed by atoms with van der Waals surface area (Å²) < 4.78 is 15.9. The number of hydrogen-bond donors (Lipinski definition) is 0. The van der Waals surface area contributed by atoms with Crippen LogP contribution in [0.25, 0.3) is 0 Å². The molecule has 0 fully saturated rings. The third kappa shape index (κ3) is 8.67. The van der Waals surface area contributed by atoms with Gasteiger partial charge in [0.15, 0.2) is 6.10 Å². The van der Waals surface area contributed by atoms with Crippen molar-refractivity contribution in [3.05, 3.63) is 100 Å². The zero-order valence-electron chi connectivity index (χ0n) is 21.0. The molecule has 3 aromatic rings. The van der Waals surface area contributed by atoms with Gasteiger partial charge < -0.3 is 14.2 Å². The maximum absolute atomic E-state index is 11.6. The zero-order valence-corrected chi connectivity index (χ0v) is 22.6. The molecule has 35 heavy (non-hydrogen) atoms. The lowest BCUT2D eigenvalue weighted by molar-refractivity contribution is 0.144. The summed E-state index contributed by atoms with van der Waals surface area (Å²) in [5.74, 6) is 0.820. The molecule has 3 rings (SSSR count). The van der Waals surface area contributed by atoms with E-state index in [0.29, 0.717) is 6.61 Å². The van der Waals surface area contributed by atoms with E-state index in [1.54, 1.807) is 19.6 Å². The van der Waals surface area contributed by atoms with Gasteiger partial charge in [-0.05, 0) is 96.3 Å². The number of ether oxygens (including phenoxy) is 3. The summed E-state index contributed by atoms with van der Waals surface area (Å²) in [4.78, 5) is 22.6. The molecular weight excluding hydrogens is 480 g/mol. The normalized spacial score (nSPS) is 11.0. The van der Waals surface area contributed by atoms with Crippen molar-refractivity contribution < 1.29 is 23.8 Å². The van der Waals surface area contributed by atoms with Crippen molar-refractivity contribution in [2.45, 2.75) is 33.5 Å². The van der Waals surface area contributed by atoms with Crippen molar-refractivity contribution in [3.8, 4) is 5.75 Å². The second-order valence-electron chi connectivity index (χ2n) is 7.71. The van der Waals surface area contributed by atoms with Crippen LogP contribution in [-0.2, 0) is 16.1 Å². The lowest BCUT2D eigenvalue weighted by atomic mass is 9.97. The number of aryl methyl sites for hydroxylation is 3. The molecule has 1 unspecified atom stereocenters. The Labute approximate surface area is 216 Å². The van der Waals surface area contributed by atoms with E-state index in [9.17, 15) is 9.59 Å². The van der Waals surface area contributed by atoms with Crippen LogP contribution in [0.1, 0.15) is 39.5 Å². The SMILES string of the molecule is COc1cc(COC(=O)SC)c(C)cc1C.CSC(=O)OC(c1ccccc1)c1ccccc1C. The third-order valence-corrected chi connectivity index (χ3v) is 6.20. The predicted molar refractivity (Wildman–Crippen MR) is 146 cm³/mol. The van der Waals surface area contributed by atoms with Gasteiger partial charge in [0.25, 0.3) is 0 Å². The van der Waals surface area contributed by atoms with E-state index >= 15 is 0 Å². The fraction of sp³-hybridized carbons (Fsp3) is 0.286. The summed E-state index contributed by atoms with van der Waals surface area (Å²) in [6.45, 7) is 6.30. The molecule has 0 N–H and O–H groups in total. The number of carbonyl (C=O) groups is 2. The number of carbonyl (C=O) groups excluding carboxylic acids is 2. The molecule has 3 aromatic carbocycles. The Hall–Kier alpha value is -2.90. The molecule has 0 aliphatic heterocycles. The Morgan fingerprint density at radius 1 is 0.800 bits per heavy atom. The molecule has 1 atom stereocenters. The summed E-state index contributed by atoms with van der Waals surface area (Å²) in [7, 11) is 1.63. The molecule has 0 heterocycles. The van der Waals surface area contributed by atoms with Gasteiger partial charge in [0.2, 0.25) is 0 Å². The Bertz CT molecular complexity index is 1120. The van der Waals surface area contributed by atoms with Crippen molar-refractivity contribution in [2.75, 3.05) is 19.6 Å². The maximum Gasteiger partial charge on any atom is 0.367 e. The van der Waals surface area contributed by atoms with E-state index in [2.05, 4.69) is 0 Å². The van der Waals surface area contributed by atoms with Crippen molar-refractivity contribution in [2.24, 2.45) is 0 Å². The average Bonchev–Trinajstić information content (AvgIpc) is 2.87. The van der Waals surface area contributed by atoms with Crippen LogP contribution >= 0.6 is 23.5 Å². The second-order valence-corrected chi connectivity index (χ2v) is 9.19. The van der Waals surface area contributed by atoms with Crippen LogP contribution in [0.5, 0.6) is 5.75 Å². The Morgan fingerprint density at radius 3 is 2.03 bits per heavy atom. The predicted octanol–water partition coefficient (Wildman–Crippen LogP) is 7.90. The van der Waals surface area contributed by atoms with Crippen LogP contribution in [0, 0.1) is 20.8 Å². The van der Waals surface area contributed by atoms with Gasteiger partial charge in [-0.25, -0.2) is 9.59 Å². The van der Waals surface area contributed by atoms with Gasteiger partial charge in [-0.3, -0.25) is 0 Å². The molecule has 0 spiro atoms. The standard InChI is InChI=1S/C16H16O2S.C12H16O3S/c1-12-8-6-7-11-14(12)15(18-16(17)19-2)13-9-4-3-5-10-13;1-8-5-9(2)11(14-3)6-10(8)7-15-12(13)16-4/h3-11,15H,1-2H3;5-6H,7H2,1-4H3. The zero-order chi connectivity index (χ0) is 25.8. The summed E-state index contributed by atoms with van der Waals surface area (Å²) in [5, 5.41) is -0.531. The molecule has 0 bridgehead atoms. The number of rotatable bonds is 6. The topological polar surface area (TPSA) is 61.8 Å². The fourth-order valence-corrected chi connectivity index (χ4v) is 3.78. The monoisotopic (exact) mass is 512 g/mol. The Morgan fingerprint density at radius 2 is 1.43 bits per heavy atom. The minimum Gasteiger partial charge on any atom is -0.496 e. The fourth-order valence-electron chi connectivity index (χ4n) is 3.41. The Balaban J connectivity index is 0.000000251. The quantitative estimate of drug-likeness (QED) is 0.311. The van der Waals surface area contributed by atoms with Crippen LogP contribution in [0.2, 0.25) is 0 Å². The van der Waals surface area contributed by atoms with E-state index in [0.717, 1.165) is 62.7 Å². The highest BCUT2D eigenvalue weighted by Crippen LogP contribution is 2.29. The van der Waals surface area contributed by atoms with Gasteiger partial charge in [-0.2, -0.15) is 0 Å². The minimum atomic E-state index is -0.345. The number of benzene rings is 3. The van der Waals surface area contributed by atoms with Gasteiger partial charge in [0, 0.05) is 0 Å². The molecule has 0 aliphatic rings. The van der Waals surface area contributed by atoms with Crippen molar-refractivity contribution in [1.82, 2.24) is 0 Å². The summed E-state index contributed by atoms with van der Waals surface area (Å²) in [6, 6.07) is 21.7. The largest absolute Gasteiger partial charge is 0.496 e. The third-order valence-electron chi connectivity index (χ3n) is 5.32. The van der Waals surface area contributed by atoms with Gasteiger partial charge in [-0.15, -0.1) is 0 Å². The smallest absolute Gasteiger partial charge is 0.367 e. The molecule has 0 saturated heterocycles. The Kier molecular flexibility index (Phi) is 11.7. The lowest BCUT2D eigenvalue weighted by Crippen LogP contribution is -2.10. The van der Waals surface area contributed by atoms with Crippen LogP contribution < -0.4 is 4.74 Å². The minimum absolute atomic E-state index is 0.265. The molecule has 186 valence electrons. The highest BCUT2D eigenvalue weighted by atomic mass is 32.2. The van der Waals surface area contributed by atoms with E-state index in [1.807, 2.05) is 87.5 Å². The molecule has 7 heteroatoms. The number of hydrogen-bond acceptors (Lipinski definition) is 7. The molecule has 5 nitrogen and oxygen atoms in total.